The molecule has 4 heteroatoms. The molecule has 0 radical (unpaired) electrons. The fourth-order valence-corrected chi connectivity index (χ4v) is 2.44. The Balaban J connectivity index is 0.00000176. The first kappa shape index (κ1) is 16.2. The first-order valence-corrected chi connectivity index (χ1v) is 6.91. The highest BCUT2D eigenvalue weighted by molar-refractivity contribution is 5.86. The Morgan fingerprint density at radius 3 is 2.41 bits per heavy atom. The van der Waals surface area contributed by atoms with E-state index < -0.39 is 0 Å². The Labute approximate surface area is 140 Å². The lowest BCUT2D eigenvalue weighted by Crippen LogP contribution is -3.00. The molecule has 3 aromatic rings. The number of aryl methyl sites for hydroxylation is 1. The normalized spacial score (nSPS) is 10.8. The van der Waals surface area contributed by atoms with Crippen molar-refractivity contribution in [3.05, 3.63) is 77.6 Å². The van der Waals surface area contributed by atoms with E-state index in [2.05, 4.69) is 59.2 Å². The van der Waals surface area contributed by atoms with Crippen LogP contribution in [-0.4, -0.2) is 11.4 Å². The van der Waals surface area contributed by atoms with Crippen LogP contribution in [0.4, 0.5) is 0 Å². The molecular formula is C18H17BrN2O. The lowest BCUT2D eigenvalue weighted by atomic mass is 10.1. The second-order valence-electron chi connectivity index (χ2n) is 5.19. The van der Waals surface area contributed by atoms with Gasteiger partial charge in [-0.2, -0.15) is 4.57 Å². The van der Waals surface area contributed by atoms with Crippen molar-refractivity contribution in [1.82, 2.24) is 0 Å². The van der Waals surface area contributed by atoms with E-state index in [0.717, 1.165) is 17.6 Å². The van der Waals surface area contributed by atoms with Gasteiger partial charge in [-0.3, -0.25) is 0 Å². The van der Waals surface area contributed by atoms with E-state index in [1.54, 1.807) is 0 Å². The number of aromatic nitrogens is 1. The zero-order valence-electron chi connectivity index (χ0n) is 12.3. The fourth-order valence-electron chi connectivity index (χ4n) is 2.44. The molecule has 0 atom stereocenters. The van der Waals surface area contributed by atoms with Gasteiger partial charge in [0.2, 0.25) is 5.69 Å². The summed E-state index contributed by atoms with van der Waals surface area (Å²) in [5, 5.41) is 14.4. The SMILES string of the molecule is Cc1ccc(C[n+]2cc3ccccc3cc2C=NO)cc1.[Br-]. The van der Waals surface area contributed by atoms with Crippen molar-refractivity contribution in [2.24, 2.45) is 5.16 Å². The van der Waals surface area contributed by atoms with Crippen molar-refractivity contribution in [3.63, 3.8) is 0 Å². The monoisotopic (exact) mass is 356 g/mol. The van der Waals surface area contributed by atoms with E-state index in [4.69, 9.17) is 5.21 Å². The molecule has 0 saturated heterocycles. The van der Waals surface area contributed by atoms with Gasteiger partial charge in [0.15, 0.2) is 12.7 Å². The first-order valence-electron chi connectivity index (χ1n) is 6.91. The quantitative estimate of drug-likeness (QED) is 0.311. The largest absolute Gasteiger partial charge is 1.00 e. The molecule has 0 amide bonds. The Morgan fingerprint density at radius 1 is 1.05 bits per heavy atom. The van der Waals surface area contributed by atoms with Gasteiger partial charge in [-0.25, -0.2) is 0 Å². The molecule has 22 heavy (non-hydrogen) atoms. The number of rotatable bonds is 3. The number of pyridine rings is 1. The topological polar surface area (TPSA) is 36.5 Å². The summed E-state index contributed by atoms with van der Waals surface area (Å²) in [6.07, 6.45) is 3.56. The molecule has 1 N–H and O–H groups in total. The average molecular weight is 357 g/mol. The maximum atomic E-state index is 8.87. The van der Waals surface area contributed by atoms with E-state index in [9.17, 15) is 0 Å². The minimum atomic E-state index is 0. The van der Waals surface area contributed by atoms with Gasteiger partial charge in [-0.05, 0) is 18.4 Å². The van der Waals surface area contributed by atoms with Crippen LogP contribution in [0.1, 0.15) is 16.8 Å². The van der Waals surface area contributed by atoms with Crippen LogP contribution in [0.15, 0.2) is 65.9 Å². The van der Waals surface area contributed by atoms with Gasteiger partial charge < -0.3 is 22.2 Å². The maximum Gasteiger partial charge on any atom is 0.227 e. The Bertz CT molecular complexity index is 798. The summed E-state index contributed by atoms with van der Waals surface area (Å²) < 4.78 is 2.09. The Hall–Kier alpha value is -2.20. The Morgan fingerprint density at radius 2 is 1.73 bits per heavy atom. The van der Waals surface area contributed by atoms with E-state index in [1.165, 1.54) is 22.7 Å². The summed E-state index contributed by atoms with van der Waals surface area (Å²) in [7, 11) is 0. The number of hydrogen-bond acceptors (Lipinski definition) is 2. The molecule has 0 unspecified atom stereocenters. The van der Waals surface area contributed by atoms with Crippen molar-refractivity contribution < 1.29 is 26.8 Å². The first-order chi connectivity index (χ1) is 10.3. The van der Waals surface area contributed by atoms with Crippen LogP contribution in [0.3, 0.4) is 0 Å². The molecule has 112 valence electrons. The summed E-state index contributed by atoms with van der Waals surface area (Å²) in [4.78, 5) is 0. The highest BCUT2D eigenvalue weighted by Crippen LogP contribution is 2.12. The minimum absolute atomic E-state index is 0. The lowest BCUT2D eigenvalue weighted by molar-refractivity contribution is -0.687. The van der Waals surface area contributed by atoms with Crippen LogP contribution in [0, 0.1) is 6.92 Å². The maximum absolute atomic E-state index is 8.87. The van der Waals surface area contributed by atoms with Gasteiger partial charge in [0.05, 0.1) is 0 Å². The van der Waals surface area contributed by atoms with E-state index in [1.807, 2.05) is 18.2 Å². The van der Waals surface area contributed by atoms with Crippen LogP contribution < -0.4 is 21.5 Å². The predicted octanol–water partition coefficient (Wildman–Crippen LogP) is 0.296. The van der Waals surface area contributed by atoms with E-state index >= 15 is 0 Å². The van der Waals surface area contributed by atoms with Crippen LogP contribution in [0.25, 0.3) is 10.8 Å². The van der Waals surface area contributed by atoms with Gasteiger partial charge in [0.25, 0.3) is 0 Å². The molecule has 0 spiro atoms. The molecule has 0 bridgehead atoms. The van der Waals surface area contributed by atoms with Crippen LogP contribution in [-0.2, 0) is 6.54 Å². The van der Waals surface area contributed by atoms with Crippen LogP contribution >= 0.6 is 0 Å². The molecule has 2 aromatic carbocycles. The second-order valence-corrected chi connectivity index (χ2v) is 5.19. The number of hydrogen-bond donors (Lipinski definition) is 1. The Kier molecular flexibility index (Phi) is 5.28. The highest BCUT2D eigenvalue weighted by atomic mass is 79.9. The van der Waals surface area contributed by atoms with Crippen molar-refractivity contribution in [2.75, 3.05) is 0 Å². The molecule has 3 rings (SSSR count). The molecule has 0 fully saturated rings. The third-order valence-electron chi connectivity index (χ3n) is 3.59. The lowest BCUT2D eigenvalue weighted by Gasteiger charge is -2.04. The van der Waals surface area contributed by atoms with Gasteiger partial charge >= 0.3 is 0 Å². The standard InChI is InChI=1S/C18H16N2O.BrH/c1-14-6-8-15(9-7-14)12-20-13-17-5-3-2-4-16(17)10-18(20)11-19-21;/h2-11,13H,12H2,1H3;1H. The highest BCUT2D eigenvalue weighted by Gasteiger charge is 2.12. The van der Waals surface area contributed by atoms with Crippen LogP contribution in [0.2, 0.25) is 0 Å². The van der Waals surface area contributed by atoms with E-state index in [-0.39, 0.29) is 17.0 Å². The molecular weight excluding hydrogens is 340 g/mol. The van der Waals surface area contributed by atoms with Crippen molar-refractivity contribution in [2.45, 2.75) is 13.5 Å². The molecule has 0 saturated carbocycles. The van der Waals surface area contributed by atoms with Gasteiger partial charge in [-0.1, -0.05) is 53.2 Å². The molecule has 1 aromatic heterocycles. The number of fused-ring (bicyclic) bond motifs is 1. The van der Waals surface area contributed by atoms with Gasteiger partial charge in [0.1, 0.15) is 6.21 Å². The average Bonchev–Trinajstić information content (AvgIpc) is 2.50. The molecule has 1 heterocycles. The summed E-state index contributed by atoms with van der Waals surface area (Å²) in [5.41, 5.74) is 3.34. The summed E-state index contributed by atoms with van der Waals surface area (Å²) in [6, 6.07) is 18.7. The number of oxime groups is 1. The van der Waals surface area contributed by atoms with Crippen molar-refractivity contribution >= 4 is 17.0 Å². The van der Waals surface area contributed by atoms with Crippen molar-refractivity contribution in [3.8, 4) is 0 Å². The second kappa shape index (κ2) is 7.18. The molecule has 3 nitrogen and oxygen atoms in total. The predicted molar refractivity (Wildman–Crippen MR) is 83.8 cm³/mol. The third kappa shape index (κ3) is 3.52. The fraction of sp³-hybridized carbons (Fsp3) is 0.111. The number of benzene rings is 2. The summed E-state index contributed by atoms with van der Waals surface area (Å²) >= 11 is 0. The van der Waals surface area contributed by atoms with Crippen molar-refractivity contribution in [1.29, 1.82) is 0 Å². The zero-order chi connectivity index (χ0) is 14.7. The summed E-state index contributed by atoms with van der Waals surface area (Å²) in [5.74, 6) is 0. The smallest absolute Gasteiger partial charge is 0.227 e. The summed E-state index contributed by atoms with van der Waals surface area (Å²) in [6.45, 7) is 2.82. The van der Waals surface area contributed by atoms with E-state index in [0.29, 0.717) is 0 Å². The number of nitrogens with zero attached hydrogens (tertiary/aromatic N) is 2. The van der Waals surface area contributed by atoms with Gasteiger partial charge in [0, 0.05) is 17.0 Å². The van der Waals surface area contributed by atoms with Gasteiger partial charge in [-0.15, -0.1) is 0 Å². The number of halogens is 1. The molecule has 0 aliphatic heterocycles. The molecule has 0 aliphatic carbocycles. The zero-order valence-corrected chi connectivity index (χ0v) is 13.9. The minimum Gasteiger partial charge on any atom is -1.00 e. The van der Waals surface area contributed by atoms with Crippen LogP contribution in [0.5, 0.6) is 0 Å². The third-order valence-corrected chi connectivity index (χ3v) is 3.59. The molecule has 0 aliphatic rings.